The van der Waals surface area contributed by atoms with Gasteiger partial charge in [0, 0.05) is 23.2 Å². The minimum Gasteiger partial charge on any atom is -0.274 e. The van der Waals surface area contributed by atoms with Crippen molar-refractivity contribution in [2.24, 2.45) is 0 Å². The van der Waals surface area contributed by atoms with Crippen LogP contribution in [0.25, 0.3) is 60.7 Å². The van der Waals surface area contributed by atoms with Crippen molar-refractivity contribution in [2.45, 2.75) is 12.8 Å². The summed E-state index contributed by atoms with van der Waals surface area (Å²) >= 11 is 0. The second-order valence-corrected chi connectivity index (χ2v) is 9.70. The fraction of sp³-hybridized carbons (Fsp3) is 0.0645. The van der Waals surface area contributed by atoms with E-state index in [0.717, 1.165) is 35.2 Å². The van der Waals surface area contributed by atoms with Crippen LogP contribution in [-0.4, -0.2) is 19.4 Å². The highest BCUT2D eigenvalue weighted by molar-refractivity contribution is 6.16. The topological polar surface area (TPSA) is 43.1 Å². The van der Waals surface area contributed by atoms with Crippen LogP contribution in [0.15, 0.2) is 85.3 Å². The number of hydrogen-bond acceptors (Lipinski definition) is 3. The lowest BCUT2D eigenvalue weighted by atomic mass is 9.96. The fourth-order valence-electron chi connectivity index (χ4n) is 6.48. The summed E-state index contributed by atoms with van der Waals surface area (Å²) in [7, 11) is 0. The van der Waals surface area contributed by atoms with E-state index in [1.807, 2.05) is 30.7 Å². The predicted octanol–water partition coefficient (Wildman–Crippen LogP) is 6.73. The normalized spacial score (nSPS) is 13.5. The van der Waals surface area contributed by atoms with E-state index >= 15 is 0 Å². The van der Waals surface area contributed by atoms with Crippen LogP contribution in [0.2, 0.25) is 0 Å². The van der Waals surface area contributed by atoms with Gasteiger partial charge in [-0.2, -0.15) is 0 Å². The molecule has 4 nitrogen and oxygen atoms in total. The highest BCUT2D eigenvalue weighted by Crippen LogP contribution is 2.47. The van der Waals surface area contributed by atoms with Gasteiger partial charge >= 0.3 is 0 Å². The molecule has 7 aromatic rings. The average molecular weight is 447 g/mol. The van der Waals surface area contributed by atoms with E-state index in [4.69, 9.17) is 9.97 Å². The molecular formula is C31H18N4. The first-order chi connectivity index (χ1) is 17.3. The minimum absolute atomic E-state index is 0.881. The Balaban J connectivity index is 1.40. The molecule has 0 radical (unpaired) electrons. The molecule has 4 heterocycles. The van der Waals surface area contributed by atoms with Crippen molar-refractivity contribution in [1.29, 1.82) is 0 Å². The average Bonchev–Trinajstić information content (AvgIpc) is 3.58. The van der Waals surface area contributed by atoms with Gasteiger partial charge in [-0.1, -0.05) is 36.4 Å². The zero-order chi connectivity index (χ0) is 22.7. The van der Waals surface area contributed by atoms with Crippen molar-refractivity contribution in [3.63, 3.8) is 0 Å². The molecule has 162 valence electrons. The Kier molecular flexibility index (Phi) is 3.11. The van der Waals surface area contributed by atoms with Gasteiger partial charge in [0.15, 0.2) is 5.65 Å². The van der Waals surface area contributed by atoms with Crippen molar-refractivity contribution in [3.8, 4) is 22.3 Å². The zero-order valence-electron chi connectivity index (χ0n) is 18.8. The Morgan fingerprint density at radius 2 is 1.54 bits per heavy atom. The summed E-state index contributed by atoms with van der Waals surface area (Å²) < 4.78 is 2.19. The molecule has 2 aliphatic rings. The summed E-state index contributed by atoms with van der Waals surface area (Å²) in [6.07, 6.45) is 7.58. The standard InChI is InChI=1S/C31H18N4/c1-2-5-20-17(4-1)12-18-13-25-19(14-24(18)20)15-26-21(25)7-8-23-22-9-11-32-16-28(22)35-30-27(6-3-10-33-30)34-31(35)29(23)26/h1-11,13-14,16H,12,15H2. The van der Waals surface area contributed by atoms with E-state index in [-0.39, 0.29) is 0 Å². The smallest absolute Gasteiger partial charge is 0.165 e. The van der Waals surface area contributed by atoms with Gasteiger partial charge in [-0.15, -0.1) is 0 Å². The summed E-state index contributed by atoms with van der Waals surface area (Å²) in [6.45, 7) is 0. The van der Waals surface area contributed by atoms with Gasteiger partial charge in [-0.3, -0.25) is 9.38 Å². The van der Waals surface area contributed by atoms with E-state index in [1.54, 1.807) is 0 Å². The highest BCUT2D eigenvalue weighted by atomic mass is 15.1. The third-order valence-corrected chi connectivity index (χ3v) is 7.96. The van der Waals surface area contributed by atoms with Gasteiger partial charge in [0.25, 0.3) is 0 Å². The number of aromatic nitrogens is 4. The van der Waals surface area contributed by atoms with Crippen molar-refractivity contribution >= 4 is 38.5 Å². The number of rotatable bonds is 0. The fourth-order valence-corrected chi connectivity index (χ4v) is 6.48. The number of pyridine rings is 3. The van der Waals surface area contributed by atoms with E-state index in [9.17, 15) is 0 Å². The number of nitrogens with zero attached hydrogens (tertiary/aromatic N) is 4. The molecule has 0 spiro atoms. The maximum atomic E-state index is 5.10. The molecule has 0 N–H and O–H groups in total. The molecule has 2 aliphatic carbocycles. The number of imidazole rings is 1. The Morgan fingerprint density at radius 1 is 0.657 bits per heavy atom. The van der Waals surface area contributed by atoms with Gasteiger partial charge in [0.1, 0.15) is 11.2 Å². The van der Waals surface area contributed by atoms with E-state index in [0.29, 0.717) is 0 Å². The monoisotopic (exact) mass is 446 g/mol. The van der Waals surface area contributed by atoms with Crippen LogP contribution in [0.4, 0.5) is 0 Å². The highest BCUT2D eigenvalue weighted by Gasteiger charge is 2.28. The molecule has 35 heavy (non-hydrogen) atoms. The SMILES string of the molecule is c1ccc2c(c1)Cc1cc3c(cc1-2)Cc1c-3ccc2c3ccncc3n3c4ncccc4nc3c12. The molecule has 4 heteroatoms. The van der Waals surface area contributed by atoms with E-state index < -0.39 is 0 Å². The van der Waals surface area contributed by atoms with Gasteiger partial charge in [-0.05, 0) is 93.1 Å². The lowest BCUT2D eigenvalue weighted by molar-refractivity contribution is 1.22. The maximum Gasteiger partial charge on any atom is 0.165 e. The molecule has 0 aliphatic heterocycles. The second-order valence-electron chi connectivity index (χ2n) is 9.70. The van der Waals surface area contributed by atoms with Gasteiger partial charge in [-0.25, -0.2) is 9.97 Å². The third kappa shape index (κ3) is 2.15. The van der Waals surface area contributed by atoms with Crippen LogP contribution in [0.1, 0.15) is 22.3 Å². The summed E-state index contributed by atoms with van der Waals surface area (Å²) in [5.41, 5.74) is 14.9. The minimum atomic E-state index is 0.881. The van der Waals surface area contributed by atoms with Gasteiger partial charge in [0.05, 0.1) is 11.7 Å². The molecule has 4 aromatic heterocycles. The molecule has 0 atom stereocenters. The van der Waals surface area contributed by atoms with Crippen LogP contribution in [0.3, 0.4) is 0 Å². The molecule has 0 amide bonds. The van der Waals surface area contributed by atoms with Gasteiger partial charge in [0.2, 0.25) is 0 Å². The van der Waals surface area contributed by atoms with Crippen molar-refractivity contribution < 1.29 is 0 Å². The Labute approximate surface area is 200 Å². The number of hydrogen-bond donors (Lipinski definition) is 0. The van der Waals surface area contributed by atoms with E-state index in [2.05, 4.69) is 64.0 Å². The van der Waals surface area contributed by atoms with Crippen LogP contribution < -0.4 is 0 Å². The lowest BCUT2D eigenvalue weighted by Crippen LogP contribution is -1.96. The van der Waals surface area contributed by atoms with E-state index in [1.165, 1.54) is 60.7 Å². The van der Waals surface area contributed by atoms with Crippen LogP contribution in [-0.2, 0) is 12.8 Å². The lowest BCUT2D eigenvalue weighted by Gasteiger charge is -2.12. The molecule has 0 saturated heterocycles. The first-order valence-corrected chi connectivity index (χ1v) is 12.0. The van der Waals surface area contributed by atoms with Gasteiger partial charge < -0.3 is 0 Å². The summed E-state index contributed by atoms with van der Waals surface area (Å²) in [5.74, 6) is 0. The van der Waals surface area contributed by atoms with Crippen LogP contribution in [0.5, 0.6) is 0 Å². The van der Waals surface area contributed by atoms with Crippen molar-refractivity contribution in [1.82, 2.24) is 19.4 Å². The van der Waals surface area contributed by atoms with Crippen LogP contribution in [0, 0.1) is 0 Å². The quantitative estimate of drug-likeness (QED) is 0.243. The Morgan fingerprint density at radius 3 is 2.51 bits per heavy atom. The van der Waals surface area contributed by atoms with Crippen molar-refractivity contribution in [2.75, 3.05) is 0 Å². The first kappa shape index (κ1) is 17.8. The summed E-state index contributed by atoms with van der Waals surface area (Å²) in [4.78, 5) is 14.2. The molecule has 0 fully saturated rings. The Bertz CT molecular complexity index is 2070. The molecular weight excluding hydrogens is 428 g/mol. The first-order valence-electron chi connectivity index (χ1n) is 12.0. The molecule has 3 aromatic carbocycles. The number of fused-ring (bicyclic) bond motifs is 15. The zero-order valence-corrected chi connectivity index (χ0v) is 18.8. The molecule has 0 bridgehead atoms. The Hall–Kier alpha value is -4.57. The molecule has 0 saturated carbocycles. The number of benzene rings is 3. The molecule has 9 rings (SSSR count). The summed E-state index contributed by atoms with van der Waals surface area (Å²) in [5, 5.41) is 3.65. The largest absolute Gasteiger partial charge is 0.274 e. The molecule has 0 unspecified atom stereocenters. The third-order valence-electron chi connectivity index (χ3n) is 7.96. The summed E-state index contributed by atoms with van der Waals surface area (Å²) in [6, 6.07) is 24.4. The predicted molar refractivity (Wildman–Crippen MR) is 140 cm³/mol. The van der Waals surface area contributed by atoms with Crippen LogP contribution >= 0.6 is 0 Å². The van der Waals surface area contributed by atoms with Crippen molar-refractivity contribution in [3.05, 3.63) is 108 Å². The maximum absolute atomic E-state index is 5.10. The second kappa shape index (κ2) is 6.10.